The van der Waals surface area contributed by atoms with Crippen molar-refractivity contribution in [2.75, 3.05) is 11.4 Å². The molecule has 0 amide bonds. The first kappa shape index (κ1) is 25.1. The second-order valence-corrected chi connectivity index (χ2v) is 11.7. The molecule has 0 bridgehead atoms. The monoisotopic (exact) mass is 534 g/mol. The molecule has 0 atom stereocenters. The Hall–Kier alpha value is -4.88. The normalized spacial score (nSPS) is 14.3. The molecule has 0 aliphatic carbocycles. The standard InChI is InChI=1S/C37H32N3O/c1-24-16-18-27-28-19-17-25(23-38)33(36(28)41-35(27)32(24)31-15-8-9-21-39(31)4)29-13-10-14-30-34(29)40(22-20-37(30,2)3)26-11-6-5-7-12-26/h5-19,21H,20,22H2,1-4H3/q+1. The highest BCUT2D eigenvalue weighted by Gasteiger charge is 2.35. The first-order chi connectivity index (χ1) is 19.9. The largest absolute Gasteiger partial charge is 0.454 e. The van der Waals surface area contributed by atoms with Gasteiger partial charge in [-0.1, -0.05) is 62.4 Å². The van der Waals surface area contributed by atoms with Gasteiger partial charge in [0.25, 0.3) is 0 Å². The van der Waals surface area contributed by atoms with Crippen molar-refractivity contribution in [3.05, 3.63) is 114 Å². The summed E-state index contributed by atoms with van der Waals surface area (Å²) in [6, 6.07) is 34.1. The van der Waals surface area contributed by atoms with Gasteiger partial charge in [-0.05, 0) is 60.2 Å². The van der Waals surface area contributed by atoms with Crippen LogP contribution in [0.5, 0.6) is 0 Å². The smallest absolute Gasteiger partial charge is 0.216 e. The maximum Gasteiger partial charge on any atom is 0.216 e. The van der Waals surface area contributed by atoms with Crippen molar-refractivity contribution in [1.29, 1.82) is 5.26 Å². The van der Waals surface area contributed by atoms with Crippen LogP contribution < -0.4 is 9.47 Å². The van der Waals surface area contributed by atoms with Gasteiger partial charge in [-0.2, -0.15) is 5.26 Å². The second kappa shape index (κ2) is 9.35. The maximum atomic E-state index is 10.4. The van der Waals surface area contributed by atoms with Gasteiger partial charge in [0.15, 0.2) is 6.20 Å². The van der Waals surface area contributed by atoms with Crippen LogP contribution in [0.25, 0.3) is 44.3 Å². The van der Waals surface area contributed by atoms with Crippen LogP contribution in [0.15, 0.2) is 102 Å². The van der Waals surface area contributed by atoms with E-state index in [1.54, 1.807) is 0 Å². The van der Waals surface area contributed by atoms with Crippen LogP contribution in [0.3, 0.4) is 0 Å². The van der Waals surface area contributed by atoms with Crippen LogP contribution >= 0.6 is 0 Å². The van der Waals surface area contributed by atoms with E-state index < -0.39 is 0 Å². The van der Waals surface area contributed by atoms with Gasteiger partial charge >= 0.3 is 0 Å². The van der Waals surface area contributed by atoms with Gasteiger partial charge in [-0.25, -0.2) is 4.57 Å². The quantitative estimate of drug-likeness (QED) is 0.213. The Bertz CT molecular complexity index is 2010. The molecule has 4 nitrogen and oxygen atoms in total. The van der Waals surface area contributed by atoms with Crippen LogP contribution in [-0.2, 0) is 12.5 Å². The number of anilines is 2. The minimum Gasteiger partial charge on any atom is -0.454 e. The minimum atomic E-state index is -0.00244. The summed E-state index contributed by atoms with van der Waals surface area (Å²) in [6.07, 6.45) is 3.10. The molecule has 7 rings (SSSR count). The molecule has 0 spiro atoms. The van der Waals surface area contributed by atoms with Crippen LogP contribution in [0, 0.1) is 18.3 Å². The number of rotatable bonds is 3. The molecule has 0 saturated heterocycles. The Balaban J connectivity index is 1.58. The number of aromatic nitrogens is 1. The minimum absolute atomic E-state index is 0.00244. The Morgan fingerprint density at radius 3 is 2.32 bits per heavy atom. The number of hydrogen-bond acceptors (Lipinski definition) is 3. The lowest BCUT2D eigenvalue weighted by molar-refractivity contribution is -0.660. The number of para-hydroxylation sites is 2. The van der Waals surface area contributed by atoms with Gasteiger partial charge in [0, 0.05) is 46.3 Å². The third-order valence-corrected chi connectivity index (χ3v) is 8.78. The first-order valence-corrected chi connectivity index (χ1v) is 14.2. The van der Waals surface area contributed by atoms with Gasteiger partial charge in [0.2, 0.25) is 5.69 Å². The van der Waals surface area contributed by atoms with Crippen molar-refractivity contribution in [2.45, 2.75) is 32.6 Å². The van der Waals surface area contributed by atoms with Crippen LogP contribution in [0.1, 0.15) is 37.0 Å². The van der Waals surface area contributed by atoms with Gasteiger partial charge < -0.3 is 9.32 Å². The number of nitriles is 1. The summed E-state index contributed by atoms with van der Waals surface area (Å²) in [5, 5.41) is 12.5. The van der Waals surface area contributed by atoms with E-state index in [0.29, 0.717) is 5.56 Å². The molecule has 0 N–H and O–H groups in total. The summed E-state index contributed by atoms with van der Waals surface area (Å²) < 4.78 is 9.03. The number of nitrogens with zero attached hydrogens (tertiary/aromatic N) is 3. The highest BCUT2D eigenvalue weighted by molar-refractivity contribution is 6.15. The molecule has 41 heavy (non-hydrogen) atoms. The summed E-state index contributed by atoms with van der Waals surface area (Å²) in [5.74, 6) is 0. The topological polar surface area (TPSA) is 44.1 Å². The molecule has 4 aromatic carbocycles. The molecule has 0 unspecified atom stereocenters. The average Bonchev–Trinajstić information content (AvgIpc) is 3.36. The number of aryl methyl sites for hydroxylation is 2. The van der Waals surface area contributed by atoms with Gasteiger partial charge in [0.05, 0.1) is 22.9 Å². The fraction of sp³-hybridized carbons (Fsp3) is 0.189. The molecule has 1 aliphatic heterocycles. The number of hydrogen-bond donors (Lipinski definition) is 0. The average molecular weight is 535 g/mol. The molecule has 6 aromatic rings. The number of fused-ring (bicyclic) bond motifs is 4. The Morgan fingerprint density at radius 2 is 1.56 bits per heavy atom. The molecule has 3 heterocycles. The highest BCUT2D eigenvalue weighted by Crippen LogP contribution is 2.50. The van der Waals surface area contributed by atoms with Crippen molar-refractivity contribution in [3.63, 3.8) is 0 Å². The summed E-state index contributed by atoms with van der Waals surface area (Å²) >= 11 is 0. The number of furan rings is 1. The summed E-state index contributed by atoms with van der Waals surface area (Å²) in [4.78, 5) is 2.41. The van der Waals surface area contributed by atoms with Gasteiger partial charge in [-0.3, -0.25) is 0 Å². The Morgan fingerprint density at radius 1 is 0.829 bits per heavy atom. The van der Waals surface area contributed by atoms with Crippen molar-refractivity contribution < 1.29 is 8.98 Å². The van der Waals surface area contributed by atoms with Gasteiger partial charge in [-0.15, -0.1) is 0 Å². The SMILES string of the molecule is Cc1ccc2c(oc3c(-c4cccc5c4N(c4ccccc4)CCC5(C)C)c(C#N)ccc32)c1-c1cccc[n+]1C. The van der Waals surface area contributed by atoms with E-state index in [4.69, 9.17) is 4.42 Å². The van der Waals surface area contributed by atoms with Crippen LogP contribution in [0.4, 0.5) is 11.4 Å². The second-order valence-electron chi connectivity index (χ2n) is 11.7. The Labute approximate surface area is 240 Å². The molecular formula is C37H32N3O+. The van der Waals surface area contributed by atoms with Crippen LogP contribution in [0.2, 0.25) is 0 Å². The van der Waals surface area contributed by atoms with E-state index in [2.05, 4.69) is 122 Å². The predicted octanol–water partition coefficient (Wildman–Crippen LogP) is 8.74. The van der Waals surface area contributed by atoms with Crippen molar-refractivity contribution >= 4 is 33.3 Å². The van der Waals surface area contributed by atoms with Crippen molar-refractivity contribution in [1.82, 2.24) is 0 Å². The predicted molar refractivity (Wildman–Crippen MR) is 166 cm³/mol. The molecule has 0 saturated carbocycles. The third kappa shape index (κ3) is 3.84. The molecule has 200 valence electrons. The van der Waals surface area contributed by atoms with Crippen molar-refractivity contribution in [3.8, 4) is 28.5 Å². The fourth-order valence-corrected chi connectivity index (χ4v) is 6.55. The lowest BCUT2D eigenvalue weighted by Gasteiger charge is -2.41. The highest BCUT2D eigenvalue weighted by atomic mass is 16.3. The first-order valence-electron chi connectivity index (χ1n) is 14.2. The summed E-state index contributed by atoms with van der Waals surface area (Å²) in [5.41, 5.74) is 11.0. The summed E-state index contributed by atoms with van der Waals surface area (Å²) in [7, 11) is 2.06. The van der Waals surface area contributed by atoms with E-state index >= 15 is 0 Å². The van der Waals surface area contributed by atoms with Gasteiger partial charge in [0.1, 0.15) is 18.2 Å². The van der Waals surface area contributed by atoms with Crippen LogP contribution in [-0.4, -0.2) is 6.54 Å². The maximum absolute atomic E-state index is 10.4. The number of benzene rings is 4. The van der Waals surface area contributed by atoms with E-state index in [0.717, 1.165) is 74.2 Å². The molecule has 0 fully saturated rings. The molecule has 4 heteroatoms. The Kier molecular flexibility index (Phi) is 5.73. The van der Waals surface area contributed by atoms with E-state index in [9.17, 15) is 5.26 Å². The fourth-order valence-electron chi connectivity index (χ4n) is 6.55. The number of pyridine rings is 1. The zero-order valence-corrected chi connectivity index (χ0v) is 23.9. The van der Waals surface area contributed by atoms with Crippen molar-refractivity contribution in [2.24, 2.45) is 7.05 Å². The summed E-state index contributed by atoms with van der Waals surface area (Å²) in [6.45, 7) is 7.66. The molecule has 1 aliphatic rings. The van der Waals surface area contributed by atoms with E-state index in [1.165, 1.54) is 5.56 Å². The molecule has 0 radical (unpaired) electrons. The lowest BCUT2D eigenvalue weighted by atomic mass is 9.75. The lowest BCUT2D eigenvalue weighted by Crippen LogP contribution is -2.34. The van der Waals surface area contributed by atoms with E-state index in [1.807, 2.05) is 18.2 Å². The molecular weight excluding hydrogens is 502 g/mol. The zero-order valence-electron chi connectivity index (χ0n) is 23.9. The third-order valence-electron chi connectivity index (χ3n) is 8.78. The molecule has 2 aromatic heterocycles. The van der Waals surface area contributed by atoms with E-state index in [-0.39, 0.29) is 5.41 Å². The zero-order chi connectivity index (χ0) is 28.3.